The summed E-state index contributed by atoms with van der Waals surface area (Å²) in [5.41, 5.74) is 2.77. The van der Waals surface area contributed by atoms with Gasteiger partial charge in [-0.3, -0.25) is 4.79 Å². The topological polar surface area (TPSA) is 42.1 Å². The first-order valence-corrected chi connectivity index (χ1v) is 7.42. The Morgan fingerprint density at radius 2 is 1.91 bits per heavy atom. The fourth-order valence-electron chi connectivity index (χ4n) is 2.67. The minimum atomic E-state index is 0.131. The summed E-state index contributed by atoms with van der Waals surface area (Å²) in [7, 11) is 1.64. The second-order valence-corrected chi connectivity index (χ2v) is 5.58. The van der Waals surface area contributed by atoms with Gasteiger partial charge in [0.05, 0.1) is 12.8 Å². The summed E-state index contributed by atoms with van der Waals surface area (Å²) in [6.45, 7) is 2.08. The highest BCUT2D eigenvalue weighted by atomic mass is 16.5. The van der Waals surface area contributed by atoms with Gasteiger partial charge in [-0.15, -0.1) is 0 Å². The molecule has 3 nitrogen and oxygen atoms in total. The number of aromatic amines is 1. The summed E-state index contributed by atoms with van der Waals surface area (Å²) in [4.78, 5) is 15.7. The van der Waals surface area contributed by atoms with E-state index in [1.165, 1.54) is 5.56 Å². The van der Waals surface area contributed by atoms with E-state index in [-0.39, 0.29) is 11.7 Å². The van der Waals surface area contributed by atoms with E-state index in [9.17, 15) is 4.79 Å². The normalized spacial score (nSPS) is 12.3. The van der Waals surface area contributed by atoms with Gasteiger partial charge in [0.15, 0.2) is 5.78 Å². The van der Waals surface area contributed by atoms with Gasteiger partial charge in [-0.05, 0) is 29.7 Å². The Kier molecular flexibility index (Phi) is 3.96. The lowest BCUT2D eigenvalue weighted by atomic mass is 9.95. The third-order valence-corrected chi connectivity index (χ3v) is 3.99. The molecule has 1 heterocycles. The van der Waals surface area contributed by atoms with E-state index in [0.717, 1.165) is 16.7 Å². The smallest absolute Gasteiger partial charge is 0.179 e. The zero-order valence-corrected chi connectivity index (χ0v) is 12.8. The minimum Gasteiger partial charge on any atom is -0.497 e. The van der Waals surface area contributed by atoms with E-state index >= 15 is 0 Å². The van der Waals surface area contributed by atoms with Crippen LogP contribution in [0.5, 0.6) is 5.75 Å². The van der Waals surface area contributed by atoms with Crippen LogP contribution in [0.1, 0.15) is 35.3 Å². The number of aromatic nitrogens is 1. The molecule has 1 N–H and O–H groups in total. The Morgan fingerprint density at radius 3 is 2.64 bits per heavy atom. The Bertz CT molecular complexity index is 790. The summed E-state index contributed by atoms with van der Waals surface area (Å²) in [5, 5.41) is 1.02. The molecule has 0 aliphatic heterocycles. The van der Waals surface area contributed by atoms with Crippen LogP contribution in [-0.4, -0.2) is 17.9 Å². The Morgan fingerprint density at radius 1 is 1.14 bits per heavy atom. The molecule has 0 radical (unpaired) electrons. The molecule has 0 saturated carbocycles. The second kappa shape index (κ2) is 6.06. The van der Waals surface area contributed by atoms with E-state index in [4.69, 9.17) is 4.74 Å². The number of carbonyl (C=O) groups excluding carboxylic acids is 1. The molecule has 3 aromatic rings. The van der Waals surface area contributed by atoms with E-state index < -0.39 is 0 Å². The van der Waals surface area contributed by atoms with Crippen LogP contribution in [0.2, 0.25) is 0 Å². The predicted octanol–water partition coefficient (Wildman–Crippen LogP) is 4.55. The number of ketones is 1. The summed E-state index contributed by atoms with van der Waals surface area (Å²) in [6, 6.07) is 17.8. The number of carbonyl (C=O) groups is 1. The lowest BCUT2D eigenvalue weighted by molar-refractivity contribution is 0.0971. The van der Waals surface area contributed by atoms with Gasteiger partial charge in [-0.1, -0.05) is 37.3 Å². The molecule has 0 aliphatic carbocycles. The van der Waals surface area contributed by atoms with Crippen molar-refractivity contribution >= 4 is 16.7 Å². The molecule has 0 unspecified atom stereocenters. The summed E-state index contributed by atoms with van der Waals surface area (Å²) in [6.07, 6.45) is 0.494. The van der Waals surface area contributed by atoms with Crippen molar-refractivity contribution < 1.29 is 9.53 Å². The van der Waals surface area contributed by atoms with Crippen molar-refractivity contribution in [3.63, 3.8) is 0 Å². The molecule has 0 spiro atoms. The molecule has 112 valence electrons. The Labute approximate surface area is 129 Å². The number of hydrogen-bond donors (Lipinski definition) is 1. The van der Waals surface area contributed by atoms with Crippen LogP contribution in [0.3, 0.4) is 0 Å². The molecule has 3 heteroatoms. The fraction of sp³-hybridized carbons (Fsp3) is 0.211. The van der Waals surface area contributed by atoms with Gasteiger partial charge >= 0.3 is 0 Å². The van der Waals surface area contributed by atoms with Gasteiger partial charge in [0, 0.05) is 23.4 Å². The van der Waals surface area contributed by atoms with Crippen molar-refractivity contribution in [1.29, 1.82) is 0 Å². The number of fused-ring (bicyclic) bond motifs is 1. The predicted molar refractivity (Wildman–Crippen MR) is 88.7 cm³/mol. The highest BCUT2D eigenvalue weighted by Crippen LogP contribution is 2.24. The summed E-state index contributed by atoms with van der Waals surface area (Å²) >= 11 is 0. The number of rotatable bonds is 5. The molecule has 0 saturated heterocycles. The lowest BCUT2D eigenvalue weighted by Crippen LogP contribution is -2.05. The van der Waals surface area contributed by atoms with Gasteiger partial charge in [0.2, 0.25) is 0 Å². The monoisotopic (exact) mass is 293 g/mol. The maximum absolute atomic E-state index is 12.5. The molecule has 0 amide bonds. The lowest BCUT2D eigenvalue weighted by Gasteiger charge is -2.10. The fourth-order valence-corrected chi connectivity index (χ4v) is 2.67. The van der Waals surface area contributed by atoms with Crippen LogP contribution < -0.4 is 4.74 Å². The van der Waals surface area contributed by atoms with Crippen molar-refractivity contribution in [3.05, 3.63) is 65.9 Å². The van der Waals surface area contributed by atoms with Gasteiger partial charge < -0.3 is 9.72 Å². The van der Waals surface area contributed by atoms with Crippen LogP contribution in [0, 0.1) is 0 Å². The first kappa shape index (κ1) is 14.4. The van der Waals surface area contributed by atoms with E-state index in [0.29, 0.717) is 12.1 Å². The van der Waals surface area contributed by atoms with Gasteiger partial charge in [0.25, 0.3) is 0 Å². The minimum absolute atomic E-state index is 0.131. The quantitative estimate of drug-likeness (QED) is 0.701. The zero-order valence-electron chi connectivity index (χ0n) is 12.8. The molecule has 22 heavy (non-hydrogen) atoms. The van der Waals surface area contributed by atoms with Crippen molar-refractivity contribution in [2.24, 2.45) is 0 Å². The van der Waals surface area contributed by atoms with Gasteiger partial charge in [0.1, 0.15) is 5.75 Å². The van der Waals surface area contributed by atoms with Crippen molar-refractivity contribution in [1.82, 2.24) is 4.98 Å². The molecule has 1 aromatic heterocycles. The van der Waals surface area contributed by atoms with Crippen LogP contribution in [0.15, 0.2) is 54.6 Å². The van der Waals surface area contributed by atoms with Gasteiger partial charge in [-0.2, -0.15) is 0 Å². The van der Waals surface area contributed by atoms with Gasteiger partial charge in [-0.25, -0.2) is 0 Å². The average molecular weight is 293 g/mol. The SMILES string of the molecule is COc1ccc2cc(C(=O)C[C@H](C)c3ccccc3)[nH]c2c1. The van der Waals surface area contributed by atoms with Crippen molar-refractivity contribution in [2.45, 2.75) is 19.3 Å². The van der Waals surface area contributed by atoms with Crippen LogP contribution in [0.25, 0.3) is 10.9 Å². The zero-order chi connectivity index (χ0) is 15.5. The van der Waals surface area contributed by atoms with E-state index in [1.54, 1.807) is 7.11 Å². The number of Topliss-reactive ketones (excluding diaryl/α,β-unsaturated/α-hetero) is 1. The van der Waals surface area contributed by atoms with Crippen LogP contribution >= 0.6 is 0 Å². The first-order valence-electron chi connectivity index (χ1n) is 7.42. The van der Waals surface area contributed by atoms with Crippen molar-refractivity contribution in [2.75, 3.05) is 7.11 Å². The van der Waals surface area contributed by atoms with Crippen LogP contribution in [0.4, 0.5) is 0 Å². The summed E-state index contributed by atoms with van der Waals surface area (Å²) < 4.78 is 5.21. The number of benzene rings is 2. The third kappa shape index (κ3) is 2.89. The molecule has 0 bridgehead atoms. The maximum atomic E-state index is 12.5. The molecule has 0 aliphatic rings. The number of H-pyrrole nitrogens is 1. The Balaban J connectivity index is 1.80. The number of nitrogens with one attached hydrogen (secondary N) is 1. The molecular weight excluding hydrogens is 274 g/mol. The molecule has 2 aromatic carbocycles. The first-order chi connectivity index (χ1) is 10.7. The number of hydrogen-bond acceptors (Lipinski definition) is 2. The molecular formula is C19H19NO2. The molecule has 1 atom stereocenters. The number of ether oxygens (including phenoxy) is 1. The second-order valence-electron chi connectivity index (χ2n) is 5.58. The summed E-state index contributed by atoms with van der Waals surface area (Å²) in [5.74, 6) is 1.12. The largest absolute Gasteiger partial charge is 0.497 e. The van der Waals surface area contributed by atoms with E-state index in [2.05, 4.69) is 24.0 Å². The molecule has 3 rings (SSSR count). The van der Waals surface area contributed by atoms with E-state index in [1.807, 2.05) is 42.5 Å². The standard InChI is InChI=1S/C19H19NO2/c1-13(14-6-4-3-5-7-14)10-19(21)18-11-15-8-9-16(22-2)12-17(15)20-18/h3-9,11-13,20H,10H2,1-2H3/t13-/m0/s1. The maximum Gasteiger partial charge on any atom is 0.179 e. The molecule has 0 fully saturated rings. The van der Waals surface area contributed by atoms with Crippen LogP contribution in [-0.2, 0) is 0 Å². The Hall–Kier alpha value is -2.55. The highest BCUT2D eigenvalue weighted by molar-refractivity contribution is 5.99. The highest BCUT2D eigenvalue weighted by Gasteiger charge is 2.15. The number of methoxy groups -OCH3 is 1. The average Bonchev–Trinajstić information content (AvgIpc) is 2.98. The third-order valence-electron chi connectivity index (χ3n) is 3.99. The van der Waals surface area contributed by atoms with Crippen molar-refractivity contribution in [3.8, 4) is 5.75 Å².